The average Bonchev–Trinajstić information content (AvgIpc) is 2.38. The highest BCUT2D eigenvalue weighted by Crippen LogP contribution is 2.30. The van der Waals surface area contributed by atoms with Crippen LogP contribution in [-0.2, 0) is 0 Å². The zero-order valence-corrected chi connectivity index (χ0v) is 12.4. The van der Waals surface area contributed by atoms with Crippen molar-refractivity contribution < 1.29 is 0 Å². The van der Waals surface area contributed by atoms with Gasteiger partial charge >= 0.3 is 0 Å². The molecular formula is C16H25NS. The maximum atomic E-state index is 3.67. The number of rotatable bonds is 5. The normalized spacial score (nSPS) is 23.9. The van der Waals surface area contributed by atoms with Crippen molar-refractivity contribution >= 4 is 17.4 Å². The number of para-hydroxylation sites is 1. The van der Waals surface area contributed by atoms with Crippen LogP contribution in [0.3, 0.4) is 0 Å². The molecule has 1 aromatic rings. The minimum absolute atomic E-state index is 0.869. The van der Waals surface area contributed by atoms with Crippen LogP contribution in [0.25, 0.3) is 0 Å². The standard InChI is InChI=1S/C16H25NS/c1-3-18-16-10-5-4-9-15(16)17-12-14-8-6-7-13(2)11-14/h4-5,9-10,13-14,17H,3,6-8,11-12H2,1-2H3. The number of anilines is 1. The number of benzene rings is 1. The Morgan fingerprint density at radius 3 is 2.89 bits per heavy atom. The first kappa shape index (κ1) is 13.8. The van der Waals surface area contributed by atoms with Crippen molar-refractivity contribution in [3.63, 3.8) is 0 Å². The van der Waals surface area contributed by atoms with Crippen LogP contribution < -0.4 is 5.32 Å². The van der Waals surface area contributed by atoms with Gasteiger partial charge in [-0.3, -0.25) is 0 Å². The Balaban J connectivity index is 1.89. The van der Waals surface area contributed by atoms with Crippen LogP contribution in [-0.4, -0.2) is 12.3 Å². The predicted molar refractivity (Wildman–Crippen MR) is 82.5 cm³/mol. The van der Waals surface area contributed by atoms with Gasteiger partial charge in [-0.1, -0.05) is 38.8 Å². The molecule has 18 heavy (non-hydrogen) atoms. The Kier molecular flexibility index (Phi) is 5.43. The predicted octanol–water partition coefficient (Wildman–Crippen LogP) is 5.04. The third kappa shape index (κ3) is 3.94. The summed E-state index contributed by atoms with van der Waals surface area (Å²) in [5, 5.41) is 3.67. The van der Waals surface area contributed by atoms with E-state index in [1.165, 1.54) is 36.3 Å². The number of hydrogen-bond donors (Lipinski definition) is 1. The molecule has 1 saturated carbocycles. The van der Waals surface area contributed by atoms with Crippen LogP contribution in [0, 0.1) is 11.8 Å². The Hall–Kier alpha value is -0.630. The van der Waals surface area contributed by atoms with E-state index in [2.05, 4.69) is 43.4 Å². The molecule has 0 heterocycles. The third-order valence-corrected chi connectivity index (χ3v) is 4.77. The van der Waals surface area contributed by atoms with E-state index in [-0.39, 0.29) is 0 Å². The summed E-state index contributed by atoms with van der Waals surface area (Å²) >= 11 is 1.93. The van der Waals surface area contributed by atoms with E-state index in [9.17, 15) is 0 Å². The van der Waals surface area contributed by atoms with Gasteiger partial charge in [0.2, 0.25) is 0 Å². The minimum Gasteiger partial charge on any atom is -0.384 e. The molecule has 2 heteroatoms. The Labute approximate surface area is 116 Å². The zero-order valence-electron chi connectivity index (χ0n) is 11.6. The van der Waals surface area contributed by atoms with Crippen molar-refractivity contribution in [2.75, 3.05) is 17.6 Å². The Morgan fingerprint density at radius 1 is 1.28 bits per heavy atom. The molecule has 1 aliphatic carbocycles. The summed E-state index contributed by atoms with van der Waals surface area (Å²) < 4.78 is 0. The maximum Gasteiger partial charge on any atom is 0.0478 e. The maximum absolute atomic E-state index is 3.67. The number of hydrogen-bond acceptors (Lipinski definition) is 2. The molecule has 2 rings (SSSR count). The average molecular weight is 263 g/mol. The van der Waals surface area contributed by atoms with E-state index in [4.69, 9.17) is 0 Å². The van der Waals surface area contributed by atoms with Gasteiger partial charge < -0.3 is 5.32 Å². The summed E-state index contributed by atoms with van der Waals surface area (Å²) in [6.07, 6.45) is 5.65. The number of nitrogens with one attached hydrogen (secondary N) is 1. The van der Waals surface area contributed by atoms with E-state index >= 15 is 0 Å². The van der Waals surface area contributed by atoms with Gasteiger partial charge in [0.15, 0.2) is 0 Å². The molecule has 0 aromatic heterocycles. The van der Waals surface area contributed by atoms with Crippen LogP contribution in [0.15, 0.2) is 29.2 Å². The summed E-state index contributed by atoms with van der Waals surface area (Å²) in [5.74, 6) is 2.93. The lowest BCUT2D eigenvalue weighted by atomic mass is 9.82. The first-order valence-corrected chi connectivity index (χ1v) is 8.24. The third-order valence-electron chi connectivity index (χ3n) is 3.81. The second-order valence-corrected chi connectivity index (χ2v) is 6.75. The summed E-state index contributed by atoms with van der Waals surface area (Å²) in [6, 6.07) is 8.70. The highest BCUT2D eigenvalue weighted by molar-refractivity contribution is 7.99. The van der Waals surface area contributed by atoms with Crippen LogP contribution in [0.2, 0.25) is 0 Å². The van der Waals surface area contributed by atoms with Crippen LogP contribution in [0.4, 0.5) is 5.69 Å². The Morgan fingerprint density at radius 2 is 2.11 bits per heavy atom. The Bertz CT molecular complexity index is 364. The van der Waals surface area contributed by atoms with Crippen molar-refractivity contribution in [1.29, 1.82) is 0 Å². The van der Waals surface area contributed by atoms with Gasteiger partial charge in [-0.2, -0.15) is 0 Å². The minimum atomic E-state index is 0.869. The molecule has 0 amide bonds. The van der Waals surface area contributed by atoms with Crippen molar-refractivity contribution in [2.45, 2.75) is 44.4 Å². The molecule has 0 aliphatic heterocycles. The quantitative estimate of drug-likeness (QED) is 0.747. The van der Waals surface area contributed by atoms with Gasteiger partial charge in [-0.05, 0) is 42.6 Å². The fourth-order valence-corrected chi connectivity index (χ4v) is 3.67. The van der Waals surface area contributed by atoms with E-state index in [1.54, 1.807) is 0 Å². The molecule has 2 unspecified atom stereocenters. The topological polar surface area (TPSA) is 12.0 Å². The van der Waals surface area contributed by atoms with Crippen molar-refractivity contribution in [3.05, 3.63) is 24.3 Å². The van der Waals surface area contributed by atoms with Gasteiger partial charge in [-0.25, -0.2) is 0 Å². The molecule has 0 saturated heterocycles. The largest absolute Gasteiger partial charge is 0.384 e. The number of thioether (sulfide) groups is 1. The summed E-state index contributed by atoms with van der Waals surface area (Å²) in [4.78, 5) is 1.39. The summed E-state index contributed by atoms with van der Waals surface area (Å²) in [7, 11) is 0. The second kappa shape index (κ2) is 7.08. The molecule has 1 aromatic carbocycles. The summed E-state index contributed by atoms with van der Waals surface area (Å²) in [5.41, 5.74) is 1.32. The molecule has 100 valence electrons. The van der Waals surface area contributed by atoms with Crippen molar-refractivity contribution in [1.82, 2.24) is 0 Å². The summed E-state index contributed by atoms with van der Waals surface area (Å²) in [6.45, 7) is 5.75. The van der Waals surface area contributed by atoms with E-state index < -0.39 is 0 Å². The molecule has 0 spiro atoms. The first-order chi connectivity index (χ1) is 8.79. The lowest BCUT2D eigenvalue weighted by molar-refractivity contribution is 0.293. The SMILES string of the molecule is CCSc1ccccc1NCC1CCCC(C)C1. The molecule has 1 fully saturated rings. The zero-order chi connectivity index (χ0) is 12.8. The van der Waals surface area contributed by atoms with Crippen LogP contribution in [0.5, 0.6) is 0 Å². The van der Waals surface area contributed by atoms with Crippen molar-refractivity contribution in [2.24, 2.45) is 11.8 Å². The molecular weight excluding hydrogens is 238 g/mol. The molecule has 1 nitrogen and oxygen atoms in total. The lowest BCUT2D eigenvalue weighted by Crippen LogP contribution is -2.21. The molecule has 1 N–H and O–H groups in total. The highest BCUT2D eigenvalue weighted by Gasteiger charge is 2.18. The van der Waals surface area contributed by atoms with E-state index in [1.807, 2.05) is 11.8 Å². The van der Waals surface area contributed by atoms with Gasteiger partial charge in [0.25, 0.3) is 0 Å². The molecule has 1 aliphatic rings. The van der Waals surface area contributed by atoms with Gasteiger partial charge in [0.1, 0.15) is 0 Å². The van der Waals surface area contributed by atoms with E-state index in [0.717, 1.165) is 24.1 Å². The highest BCUT2D eigenvalue weighted by atomic mass is 32.2. The second-order valence-electron chi connectivity index (χ2n) is 5.45. The first-order valence-electron chi connectivity index (χ1n) is 7.25. The van der Waals surface area contributed by atoms with Gasteiger partial charge in [-0.15, -0.1) is 11.8 Å². The van der Waals surface area contributed by atoms with Crippen LogP contribution in [0.1, 0.15) is 39.5 Å². The fraction of sp³-hybridized carbons (Fsp3) is 0.625. The van der Waals surface area contributed by atoms with Gasteiger partial charge in [0.05, 0.1) is 0 Å². The molecule has 2 atom stereocenters. The van der Waals surface area contributed by atoms with Crippen LogP contribution >= 0.6 is 11.8 Å². The smallest absolute Gasteiger partial charge is 0.0478 e. The van der Waals surface area contributed by atoms with E-state index in [0.29, 0.717) is 0 Å². The monoisotopic (exact) mass is 263 g/mol. The molecule has 0 radical (unpaired) electrons. The lowest BCUT2D eigenvalue weighted by Gasteiger charge is -2.27. The van der Waals surface area contributed by atoms with Crippen molar-refractivity contribution in [3.8, 4) is 0 Å². The van der Waals surface area contributed by atoms with Gasteiger partial charge in [0, 0.05) is 17.1 Å². The molecule has 0 bridgehead atoms. The fourth-order valence-electron chi connectivity index (χ4n) is 2.89.